The Hall–Kier alpha value is -0.780. The van der Waals surface area contributed by atoms with Crippen molar-refractivity contribution in [2.24, 2.45) is 34.5 Å². The average molecular weight is 212 g/mol. The molecule has 16 heavy (non-hydrogen) atoms. The summed E-state index contributed by atoms with van der Waals surface area (Å²) in [6.07, 6.45) is 17.6. The van der Waals surface area contributed by atoms with Gasteiger partial charge < -0.3 is 0 Å². The van der Waals surface area contributed by atoms with Gasteiger partial charge in [0.1, 0.15) is 0 Å². The van der Waals surface area contributed by atoms with Gasteiger partial charge in [-0.2, -0.15) is 0 Å². The van der Waals surface area contributed by atoms with E-state index < -0.39 is 0 Å². The molecule has 1 fully saturated rings. The Morgan fingerprint density at radius 3 is 1.62 bits per heavy atom. The average Bonchev–Trinajstić information content (AvgIpc) is 2.27. The highest BCUT2D eigenvalue weighted by Crippen LogP contribution is 2.73. The second-order valence-corrected chi connectivity index (χ2v) is 6.45. The van der Waals surface area contributed by atoms with E-state index in [-0.39, 0.29) is 0 Å². The third-order valence-corrected chi connectivity index (χ3v) is 6.30. The van der Waals surface area contributed by atoms with E-state index in [1.54, 1.807) is 0 Å². The van der Waals surface area contributed by atoms with Crippen molar-refractivity contribution in [1.82, 2.24) is 0 Å². The fourth-order valence-electron chi connectivity index (χ4n) is 5.22. The maximum absolute atomic E-state index is 2.54. The van der Waals surface area contributed by atoms with Gasteiger partial charge in [-0.05, 0) is 36.5 Å². The molecule has 0 heteroatoms. The van der Waals surface area contributed by atoms with Gasteiger partial charge in [0.15, 0.2) is 0 Å². The van der Waals surface area contributed by atoms with E-state index in [9.17, 15) is 0 Å². The van der Waals surface area contributed by atoms with Crippen molar-refractivity contribution in [3.63, 3.8) is 0 Å². The fourth-order valence-corrected chi connectivity index (χ4v) is 5.22. The topological polar surface area (TPSA) is 0 Å². The third kappa shape index (κ3) is 0.697. The summed E-state index contributed by atoms with van der Waals surface area (Å²) in [6.45, 7) is 4.93. The maximum Gasteiger partial charge on any atom is 0.00813 e. The molecule has 0 N–H and O–H groups in total. The lowest BCUT2D eigenvalue weighted by Crippen LogP contribution is -2.64. The monoisotopic (exact) mass is 212 g/mol. The molecule has 0 saturated heterocycles. The Balaban J connectivity index is 1.94. The molecule has 0 aliphatic heterocycles. The van der Waals surface area contributed by atoms with Crippen molar-refractivity contribution in [3.05, 3.63) is 36.5 Å². The largest absolute Gasteiger partial charge is 0.0876 e. The van der Waals surface area contributed by atoms with Crippen LogP contribution >= 0.6 is 0 Å². The molecule has 5 aliphatic carbocycles. The number of hydrogen-bond donors (Lipinski definition) is 0. The Kier molecular flexibility index (Phi) is 1.48. The molecule has 84 valence electrons. The molecule has 0 spiro atoms. The van der Waals surface area contributed by atoms with Gasteiger partial charge in [-0.25, -0.2) is 0 Å². The van der Waals surface area contributed by atoms with E-state index in [1.165, 1.54) is 12.8 Å². The Morgan fingerprint density at radius 2 is 1.25 bits per heavy atom. The van der Waals surface area contributed by atoms with Crippen LogP contribution in [0.1, 0.15) is 26.7 Å². The lowest BCUT2D eigenvalue weighted by atomic mass is 9.33. The van der Waals surface area contributed by atoms with E-state index in [0.29, 0.717) is 10.8 Å². The first-order valence-corrected chi connectivity index (χ1v) is 6.75. The number of allylic oxidation sites excluding steroid dienone is 6. The van der Waals surface area contributed by atoms with Gasteiger partial charge in [-0.15, -0.1) is 0 Å². The fraction of sp³-hybridized carbons (Fsp3) is 0.625. The van der Waals surface area contributed by atoms with Gasteiger partial charge >= 0.3 is 0 Å². The first-order valence-electron chi connectivity index (χ1n) is 6.75. The molecule has 0 radical (unpaired) electrons. The van der Waals surface area contributed by atoms with Crippen LogP contribution in [0, 0.1) is 34.5 Å². The minimum atomic E-state index is 0.507. The molecule has 1 saturated carbocycles. The Labute approximate surface area is 98.1 Å². The van der Waals surface area contributed by atoms with Gasteiger partial charge in [-0.1, -0.05) is 50.3 Å². The number of hydrogen-bond acceptors (Lipinski definition) is 0. The van der Waals surface area contributed by atoms with Gasteiger partial charge in [0.2, 0.25) is 0 Å². The minimum absolute atomic E-state index is 0.507. The molecule has 0 aromatic rings. The van der Waals surface area contributed by atoms with Gasteiger partial charge in [0.05, 0.1) is 0 Å². The summed E-state index contributed by atoms with van der Waals surface area (Å²) in [5.74, 6) is 3.31. The Bertz CT molecular complexity index is 387. The van der Waals surface area contributed by atoms with Crippen molar-refractivity contribution < 1.29 is 0 Å². The molecule has 6 atom stereocenters. The standard InChI is InChI=1S/C16H20/c1-11-12(2)14-6-5-13(11)15-7-3-4-8-16(14,15)10-9-15/h3-6,9-14H,7-8H2,1-2H3/t11-,12+,13+,14-,15-,16-/m0/s1. The second kappa shape index (κ2) is 2.55. The van der Waals surface area contributed by atoms with Crippen LogP contribution in [0.15, 0.2) is 36.5 Å². The van der Waals surface area contributed by atoms with Crippen LogP contribution in [0.3, 0.4) is 0 Å². The molecule has 5 rings (SSSR count). The predicted octanol–water partition coefficient (Wildman–Crippen LogP) is 3.97. The number of fused-ring (bicyclic) bond motifs is 1. The SMILES string of the molecule is C[C@@H]1[C@H](C)[C@H]2C=C[C@@H]1[C@]13C=C[C@@]21CC=CC3. The van der Waals surface area contributed by atoms with Crippen LogP contribution < -0.4 is 0 Å². The molecule has 0 amide bonds. The van der Waals surface area contributed by atoms with Crippen molar-refractivity contribution in [2.75, 3.05) is 0 Å². The van der Waals surface area contributed by atoms with Crippen LogP contribution in [-0.2, 0) is 0 Å². The van der Waals surface area contributed by atoms with E-state index >= 15 is 0 Å². The zero-order valence-corrected chi connectivity index (χ0v) is 10.2. The third-order valence-electron chi connectivity index (χ3n) is 6.30. The molecule has 5 aliphatic rings. The summed E-state index contributed by atoms with van der Waals surface area (Å²) in [6, 6.07) is 0. The van der Waals surface area contributed by atoms with Gasteiger partial charge in [0.25, 0.3) is 0 Å². The predicted molar refractivity (Wildman–Crippen MR) is 66.8 cm³/mol. The summed E-state index contributed by atoms with van der Waals surface area (Å²) in [5.41, 5.74) is 1.01. The molecule has 0 heterocycles. The summed E-state index contributed by atoms with van der Waals surface area (Å²) < 4.78 is 0. The highest BCUT2D eigenvalue weighted by Gasteiger charge is 2.67. The lowest BCUT2D eigenvalue weighted by molar-refractivity contribution is -0.103. The van der Waals surface area contributed by atoms with Crippen molar-refractivity contribution in [2.45, 2.75) is 26.7 Å². The normalized spacial score (nSPS) is 60.4. The molecular weight excluding hydrogens is 192 g/mol. The Morgan fingerprint density at radius 1 is 0.812 bits per heavy atom. The van der Waals surface area contributed by atoms with Crippen molar-refractivity contribution >= 4 is 0 Å². The molecule has 0 unspecified atom stereocenters. The first-order chi connectivity index (χ1) is 7.71. The lowest BCUT2D eigenvalue weighted by Gasteiger charge is -2.70. The van der Waals surface area contributed by atoms with Crippen LogP contribution in [0.5, 0.6) is 0 Å². The van der Waals surface area contributed by atoms with Crippen LogP contribution in [0.4, 0.5) is 0 Å². The highest BCUT2D eigenvalue weighted by molar-refractivity contribution is 5.42. The first kappa shape index (κ1) is 9.27. The summed E-state index contributed by atoms with van der Waals surface area (Å²) >= 11 is 0. The second-order valence-electron chi connectivity index (χ2n) is 6.45. The molecule has 2 bridgehead atoms. The van der Waals surface area contributed by atoms with Crippen LogP contribution in [0.2, 0.25) is 0 Å². The van der Waals surface area contributed by atoms with Crippen LogP contribution in [-0.4, -0.2) is 0 Å². The molecule has 0 nitrogen and oxygen atoms in total. The summed E-state index contributed by atoms with van der Waals surface area (Å²) in [5, 5.41) is 0. The minimum Gasteiger partial charge on any atom is -0.0876 e. The molecule has 0 aromatic heterocycles. The highest BCUT2D eigenvalue weighted by atomic mass is 14.7. The zero-order chi connectivity index (χ0) is 11.0. The van der Waals surface area contributed by atoms with E-state index in [1.807, 2.05) is 0 Å². The molecule has 0 aromatic carbocycles. The van der Waals surface area contributed by atoms with Crippen LogP contribution in [0.25, 0.3) is 0 Å². The quantitative estimate of drug-likeness (QED) is 0.533. The summed E-state index contributed by atoms with van der Waals surface area (Å²) in [4.78, 5) is 0. The van der Waals surface area contributed by atoms with Gasteiger partial charge in [0, 0.05) is 10.8 Å². The summed E-state index contributed by atoms with van der Waals surface area (Å²) in [7, 11) is 0. The zero-order valence-electron chi connectivity index (χ0n) is 10.2. The van der Waals surface area contributed by atoms with E-state index in [4.69, 9.17) is 0 Å². The maximum atomic E-state index is 2.54. The smallest absolute Gasteiger partial charge is 0.00813 e. The van der Waals surface area contributed by atoms with Crippen molar-refractivity contribution in [3.8, 4) is 0 Å². The van der Waals surface area contributed by atoms with E-state index in [2.05, 4.69) is 50.3 Å². The van der Waals surface area contributed by atoms with Crippen molar-refractivity contribution in [1.29, 1.82) is 0 Å². The van der Waals surface area contributed by atoms with Gasteiger partial charge in [-0.3, -0.25) is 0 Å². The van der Waals surface area contributed by atoms with E-state index in [0.717, 1.165) is 23.7 Å². The molecular formula is C16H20. The number of rotatable bonds is 0.